The summed E-state index contributed by atoms with van der Waals surface area (Å²) in [5.74, 6) is -0.101. The lowest BCUT2D eigenvalue weighted by molar-refractivity contribution is -0.00835. The summed E-state index contributed by atoms with van der Waals surface area (Å²) < 4.78 is 76.1. The number of carbonyl (C=O) groups excluding carboxylic acids is 1. The number of sulfonamides is 2. The molecule has 0 saturated heterocycles. The summed E-state index contributed by atoms with van der Waals surface area (Å²) in [5, 5.41) is 10.1. The highest BCUT2D eigenvalue weighted by Gasteiger charge is 2.33. The van der Waals surface area contributed by atoms with Gasteiger partial charge in [-0.3, -0.25) is 9.52 Å². The van der Waals surface area contributed by atoms with Crippen molar-refractivity contribution >= 4 is 31.6 Å². The van der Waals surface area contributed by atoms with Crippen molar-refractivity contribution in [3.63, 3.8) is 0 Å². The lowest BCUT2D eigenvalue weighted by atomic mass is 10.0. The van der Waals surface area contributed by atoms with Crippen LogP contribution in [0.2, 0.25) is 0 Å². The molecule has 4 rings (SSSR count). The van der Waals surface area contributed by atoms with Gasteiger partial charge in [0.25, 0.3) is 26.0 Å². The molecule has 2 heterocycles. The van der Waals surface area contributed by atoms with Gasteiger partial charge in [-0.05, 0) is 75.6 Å². The number of carbonyl (C=O) groups is 1. The van der Waals surface area contributed by atoms with Crippen LogP contribution in [-0.2, 0) is 31.8 Å². The van der Waals surface area contributed by atoms with Crippen LogP contribution in [0.4, 0.5) is 5.69 Å². The highest BCUT2D eigenvalue weighted by molar-refractivity contribution is 7.92. The Kier molecular flexibility index (Phi) is 12.7. The van der Waals surface area contributed by atoms with Crippen LogP contribution in [0.3, 0.4) is 0 Å². The predicted octanol–water partition coefficient (Wildman–Crippen LogP) is 3.35. The molecule has 4 atom stereocenters. The van der Waals surface area contributed by atoms with E-state index in [9.17, 15) is 26.7 Å². The molecule has 1 aliphatic heterocycles. The first-order valence-corrected chi connectivity index (χ1v) is 19.0. The molecule has 0 bridgehead atoms. The van der Waals surface area contributed by atoms with Crippen LogP contribution in [0, 0.1) is 5.92 Å². The first kappa shape index (κ1) is 38.1. The number of aromatic nitrogens is 2. The summed E-state index contributed by atoms with van der Waals surface area (Å²) in [6.45, 7) is 5.56. The number of anilines is 1. The molecule has 0 fully saturated rings. The quantitative estimate of drug-likeness (QED) is 0.317. The molecule has 0 saturated carbocycles. The average molecular weight is 722 g/mol. The number of rotatable bonds is 10. The number of ether oxygens (including phenoxy) is 3. The zero-order valence-electron chi connectivity index (χ0n) is 28.8. The summed E-state index contributed by atoms with van der Waals surface area (Å²) in [6, 6.07) is 9.79. The molecule has 1 aromatic heterocycles. The number of benzene rings is 2. The Balaban J connectivity index is 1.67. The lowest BCUT2D eigenvalue weighted by Gasteiger charge is -2.35. The lowest BCUT2D eigenvalue weighted by Crippen LogP contribution is -2.48. The van der Waals surface area contributed by atoms with Gasteiger partial charge in [0, 0.05) is 51.6 Å². The SMILES string of the molecule is COc1ccc(S(=O)(=O)Nc2ccc3c(c2)C(=O)N([C@H](C)CO)C[C@H](C)[C@H](CN(C)S(=O)(=O)c2cn(C)cn2)OCCCC[C@H](C)O3)cc1. The van der Waals surface area contributed by atoms with Gasteiger partial charge < -0.3 is 28.8 Å². The molecule has 0 radical (unpaired) electrons. The van der Waals surface area contributed by atoms with E-state index in [2.05, 4.69) is 9.71 Å². The second kappa shape index (κ2) is 16.3. The summed E-state index contributed by atoms with van der Waals surface area (Å²) in [6.07, 6.45) is 4.04. The summed E-state index contributed by atoms with van der Waals surface area (Å²) in [7, 11) is -3.30. The number of hydrogen-bond donors (Lipinski definition) is 2. The predicted molar refractivity (Wildman–Crippen MR) is 184 cm³/mol. The number of aryl methyl sites for hydroxylation is 1. The highest BCUT2D eigenvalue weighted by atomic mass is 32.2. The maximum Gasteiger partial charge on any atom is 0.261 e. The van der Waals surface area contributed by atoms with Gasteiger partial charge in [0.15, 0.2) is 5.03 Å². The smallest absolute Gasteiger partial charge is 0.261 e. The molecule has 1 amide bonds. The van der Waals surface area contributed by atoms with Gasteiger partial charge in [-0.1, -0.05) is 6.92 Å². The highest BCUT2D eigenvalue weighted by Crippen LogP contribution is 2.30. The third-order valence-corrected chi connectivity index (χ3v) is 11.6. The Labute approximate surface area is 289 Å². The Hall–Kier alpha value is -3.70. The van der Waals surface area contributed by atoms with E-state index in [-0.39, 0.29) is 58.6 Å². The summed E-state index contributed by atoms with van der Waals surface area (Å²) in [4.78, 5) is 19.9. The fourth-order valence-electron chi connectivity index (χ4n) is 5.45. The molecular formula is C33H47N5O9S2. The van der Waals surface area contributed by atoms with Crippen LogP contribution in [0.5, 0.6) is 11.5 Å². The number of hydrogen-bond acceptors (Lipinski definition) is 10. The number of imidazole rings is 1. The summed E-state index contributed by atoms with van der Waals surface area (Å²) >= 11 is 0. The van der Waals surface area contributed by atoms with Gasteiger partial charge in [-0.25, -0.2) is 21.8 Å². The topological polar surface area (TPSA) is 170 Å². The van der Waals surface area contributed by atoms with E-state index in [4.69, 9.17) is 14.2 Å². The van der Waals surface area contributed by atoms with Crippen LogP contribution in [0.1, 0.15) is 50.4 Å². The van der Waals surface area contributed by atoms with E-state index < -0.39 is 38.1 Å². The van der Waals surface area contributed by atoms with Crippen molar-refractivity contribution in [2.75, 3.05) is 45.2 Å². The van der Waals surface area contributed by atoms with Crippen LogP contribution >= 0.6 is 0 Å². The number of amides is 1. The van der Waals surface area contributed by atoms with E-state index in [1.165, 1.54) is 72.3 Å². The first-order chi connectivity index (χ1) is 23.2. The minimum absolute atomic E-state index is 0.00298. The van der Waals surface area contributed by atoms with Crippen molar-refractivity contribution in [2.45, 2.75) is 68.2 Å². The zero-order valence-corrected chi connectivity index (χ0v) is 30.4. The van der Waals surface area contributed by atoms with Crippen LogP contribution in [-0.4, -0.2) is 105 Å². The van der Waals surface area contributed by atoms with Gasteiger partial charge in [0.1, 0.15) is 11.5 Å². The van der Waals surface area contributed by atoms with Gasteiger partial charge in [0.05, 0.1) is 48.8 Å². The van der Waals surface area contributed by atoms with Crippen molar-refractivity contribution in [3.05, 3.63) is 60.6 Å². The minimum atomic E-state index is -4.02. The fraction of sp³-hybridized carbons (Fsp3) is 0.515. The average Bonchev–Trinajstić information content (AvgIpc) is 3.52. The number of likely N-dealkylation sites (N-methyl/N-ethyl adjacent to an activating group) is 1. The molecular weight excluding hydrogens is 675 g/mol. The molecule has 16 heteroatoms. The molecule has 3 aromatic rings. The molecule has 0 unspecified atom stereocenters. The van der Waals surface area contributed by atoms with Gasteiger partial charge in [0.2, 0.25) is 0 Å². The third kappa shape index (κ3) is 9.51. The van der Waals surface area contributed by atoms with E-state index in [1.807, 2.05) is 13.8 Å². The van der Waals surface area contributed by atoms with E-state index >= 15 is 0 Å². The molecule has 2 aromatic carbocycles. The third-order valence-electron chi connectivity index (χ3n) is 8.47. The molecule has 49 heavy (non-hydrogen) atoms. The van der Waals surface area contributed by atoms with Crippen molar-refractivity contribution in [1.29, 1.82) is 0 Å². The molecule has 1 aliphatic rings. The number of methoxy groups -OCH3 is 1. The Morgan fingerprint density at radius 1 is 1.12 bits per heavy atom. The van der Waals surface area contributed by atoms with Crippen molar-refractivity contribution < 1.29 is 40.9 Å². The summed E-state index contributed by atoms with van der Waals surface area (Å²) in [5.41, 5.74) is 0.256. The van der Waals surface area contributed by atoms with Crippen molar-refractivity contribution in [2.24, 2.45) is 13.0 Å². The monoisotopic (exact) mass is 721 g/mol. The largest absolute Gasteiger partial charge is 0.497 e. The fourth-order valence-corrected chi connectivity index (χ4v) is 7.64. The van der Waals surface area contributed by atoms with Crippen molar-refractivity contribution in [1.82, 2.24) is 18.8 Å². The number of nitrogens with one attached hydrogen (secondary N) is 1. The molecule has 0 spiro atoms. The Morgan fingerprint density at radius 2 is 1.84 bits per heavy atom. The maximum absolute atomic E-state index is 14.4. The second-order valence-electron chi connectivity index (χ2n) is 12.5. The Morgan fingerprint density at radius 3 is 2.47 bits per heavy atom. The van der Waals surface area contributed by atoms with Gasteiger partial charge in [-0.15, -0.1) is 0 Å². The zero-order chi connectivity index (χ0) is 35.9. The molecule has 2 N–H and O–H groups in total. The van der Waals surface area contributed by atoms with E-state index in [1.54, 1.807) is 24.6 Å². The van der Waals surface area contributed by atoms with E-state index in [0.29, 0.717) is 25.2 Å². The molecule has 0 aliphatic carbocycles. The number of aliphatic hydroxyl groups excluding tert-OH is 1. The van der Waals surface area contributed by atoms with E-state index in [0.717, 1.165) is 6.42 Å². The normalized spacial score (nSPS) is 20.6. The number of aliphatic hydroxyl groups is 1. The Bertz CT molecular complexity index is 1780. The second-order valence-corrected chi connectivity index (χ2v) is 16.1. The standard InChI is InChI=1S/C33H47N5O9S2/c1-23-18-38(24(2)21-39)33(40)29-17-26(35-48(41,42)28-13-11-27(45-6)12-14-28)10-15-30(29)47-25(3)9-7-8-16-46-31(23)19-37(5)49(43,44)32-20-36(4)22-34-32/h10-15,17,20,22-25,31,35,39H,7-9,16,18-19,21H2,1-6H3/t23-,24+,25-,31-/m0/s1. The molecule has 14 nitrogen and oxygen atoms in total. The van der Waals surface area contributed by atoms with Crippen LogP contribution in [0.15, 0.2) is 64.9 Å². The number of nitrogens with zero attached hydrogens (tertiary/aromatic N) is 4. The van der Waals surface area contributed by atoms with Crippen molar-refractivity contribution in [3.8, 4) is 11.5 Å². The first-order valence-electron chi connectivity index (χ1n) is 16.1. The maximum atomic E-state index is 14.4. The van der Waals surface area contributed by atoms with Crippen LogP contribution < -0.4 is 14.2 Å². The minimum Gasteiger partial charge on any atom is -0.497 e. The number of fused-ring (bicyclic) bond motifs is 1. The van der Waals surface area contributed by atoms with Gasteiger partial charge in [-0.2, -0.15) is 4.31 Å². The molecule has 270 valence electrons. The van der Waals surface area contributed by atoms with Crippen LogP contribution in [0.25, 0.3) is 0 Å². The van der Waals surface area contributed by atoms with Gasteiger partial charge >= 0.3 is 0 Å².